The molecule has 26 heavy (non-hydrogen) atoms. The van der Waals surface area contributed by atoms with Gasteiger partial charge in [0.15, 0.2) is 0 Å². The molecular weight excluding hydrogens is 332 g/mol. The molecule has 4 aliphatic heterocycles. The predicted octanol–water partition coefficient (Wildman–Crippen LogP) is 1.20. The molecule has 1 saturated carbocycles. The molecule has 5 rings (SSSR count). The second-order valence-electron chi connectivity index (χ2n) is 9.54. The second-order valence-corrected chi connectivity index (χ2v) is 9.54. The molecule has 4 N–H and O–H groups in total. The molecule has 5 fully saturated rings. The molecule has 6 heteroatoms. The monoisotopic (exact) mass is 366 g/mol. The molecule has 4 unspecified atom stereocenters. The number of epoxide rings is 4. The number of hydrogen-bond acceptors (Lipinski definition) is 6. The van der Waals surface area contributed by atoms with Crippen LogP contribution >= 0.6 is 0 Å². The van der Waals surface area contributed by atoms with E-state index >= 15 is 0 Å². The summed E-state index contributed by atoms with van der Waals surface area (Å²) < 4.78 is 23.0. The maximum Gasteiger partial charge on any atom is 0.0815 e. The molecule has 0 amide bonds. The van der Waals surface area contributed by atoms with Crippen molar-refractivity contribution in [3.8, 4) is 0 Å². The van der Waals surface area contributed by atoms with Gasteiger partial charge < -0.3 is 30.4 Å². The summed E-state index contributed by atoms with van der Waals surface area (Å²) in [6.07, 6.45) is 9.47. The Labute approximate surface area is 156 Å². The van der Waals surface area contributed by atoms with Crippen LogP contribution < -0.4 is 11.5 Å². The zero-order valence-electron chi connectivity index (χ0n) is 15.8. The van der Waals surface area contributed by atoms with Crippen LogP contribution in [-0.4, -0.2) is 63.9 Å². The van der Waals surface area contributed by atoms with Crippen molar-refractivity contribution in [1.82, 2.24) is 0 Å². The van der Waals surface area contributed by atoms with Crippen LogP contribution in [0.5, 0.6) is 0 Å². The normalized spacial score (nSPS) is 48.2. The van der Waals surface area contributed by atoms with Crippen LogP contribution in [0.4, 0.5) is 0 Å². The largest absolute Gasteiger partial charge is 0.373 e. The van der Waals surface area contributed by atoms with Crippen molar-refractivity contribution in [1.29, 1.82) is 0 Å². The van der Waals surface area contributed by atoms with Crippen LogP contribution in [0.15, 0.2) is 0 Å². The number of rotatable bonds is 10. The fourth-order valence-corrected chi connectivity index (χ4v) is 6.50. The van der Waals surface area contributed by atoms with E-state index in [0.717, 1.165) is 58.5 Å². The summed E-state index contributed by atoms with van der Waals surface area (Å²) in [6, 6.07) is 0. The van der Waals surface area contributed by atoms with Gasteiger partial charge in [0, 0.05) is 5.41 Å². The van der Waals surface area contributed by atoms with Crippen molar-refractivity contribution < 1.29 is 18.9 Å². The van der Waals surface area contributed by atoms with Gasteiger partial charge in [-0.25, -0.2) is 0 Å². The summed E-state index contributed by atoms with van der Waals surface area (Å²) in [5.41, 5.74) is 13.2. The molecule has 0 radical (unpaired) electrons. The van der Waals surface area contributed by atoms with Gasteiger partial charge in [-0.15, -0.1) is 0 Å². The van der Waals surface area contributed by atoms with Crippen molar-refractivity contribution in [2.45, 2.75) is 69.4 Å². The fraction of sp³-hybridized carbons (Fsp3) is 1.00. The lowest BCUT2D eigenvalue weighted by Gasteiger charge is -2.64. The maximum absolute atomic E-state index is 6.51. The van der Waals surface area contributed by atoms with Gasteiger partial charge in [-0.2, -0.15) is 0 Å². The molecule has 4 saturated heterocycles. The molecule has 0 bridgehead atoms. The minimum Gasteiger partial charge on any atom is -0.373 e. The van der Waals surface area contributed by atoms with Gasteiger partial charge in [0.05, 0.1) is 50.8 Å². The van der Waals surface area contributed by atoms with Gasteiger partial charge in [0.2, 0.25) is 0 Å². The lowest BCUT2D eigenvalue weighted by Crippen LogP contribution is -2.64. The van der Waals surface area contributed by atoms with Crippen molar-refractivity contribution in [3.05, 3.63) is 0 Å². The smallest absolute Gasteiger partial charge is 0.0815 e. The third-order valence-electron chi connectivity index (χ3n) is 8.12. The fourth-order valence-electron chi connectivity index (χ4n) is 6.50. The van der Waals surface area contributed by atoms with Crippen LogP contribution in [0.1, 0.15) is 44.9 Å². The first-order valence-electron chi connectivity index (χ1n) is 10.5. The Kier molecular flexibility index (Phi) is 4.38. The molecule has 5 aliphatic rings. The molecule has 1 aliphatic carbocycles. The van der Waals surface area contributed by atoms with Gasteiger partial charge >= 0.3 is 0 Å². The Morgan fingerprint density at radius 3 is 1.38 bits per heavy atom. The summed E-state index contributed by atoms with van der Waals surface area (Å²) in [5, 5.41) is 0. The second kappa shape index (κ2) is 6.39. The Balaban J connectivity index is 1.59. The van der Waals surface area contributed by atoms with Gasteiger partial charge in [0.25, 0.3) is 0 Å². The van der Waals surface area contributed by atoms with E-state index in [0.29, 0.717) is 37.5 Å². The van der Waals surface area contributed by atoms with E-state index in [4.69, 9.17) is 30.4 Å². The quantitative estimate of drug-likeness (QED) is 0.563. The van der Waals surface area contributed by atoms with Gasteiger partial charge in [-0.05, 0) is 62.4 Å². The van der Waals surface area contributed by atoms with Crippen molar-refractivity contribution in [3.63, 3.8) is 0 Å². The summed E-state index contributed by atoms with van der Waals surface area (Å²) in [4.78, 5) is 0. The molecule has 4 atom stereocenters. The van der Waals surface area contributed by atoms with Gasteiger partial charge in [-0.3, -0.25) is 0 Å². The number of nitrogens with two attached hydrogens (primary N) is 2. The van der Waals surface area contributed by atoms with E-state index in [2.05, 4.69) is 0 Å². The van der Waals surface area contributed by atoms with Crippen LogP contribution in [-0.2, 0) is 18.9 Å². The third kappa shape index (κ3) is 3.03. The lowest BCUT2D eigenvalue weighted by atomic mass is 9.40. The molecule has 0 aromatic heterocycles. The highest BCUT2D eigenvalue weighted by atomic mass is 16.6. The molecule has 148 valence electrons. The van der Waals surface area contributed by atoms with Crippen LogP contribution in [0.2, 0.25) is 0 Å². The van der Waals surface area contributed by atoms with E-state index in [9.17, 15) is 0 Å². The topological polar surface area (TPSA) is 102 Å². The van der Waals surface area contributed by atoms with Crippen LogP contribution in [0.25, 0.3) is 0 Å². The van der Waals surface area contributed by atoms with E-state index in [1.54, 1.807) is 0 Å². The lowest BCUT2D eigenvalue weighted by molar-refractivity contribution is -0.153. The third-order valence-corrected chi connectivity index (χ3v) is 8.12. The zero-order chi connectivity index (χ0) is 17.8. The van der Waals surface area contributed by atoms with E-state index < -0.39 is 0 Å². The summed E-state index contributed by atoms with van der Waals surface area (Å²) in [5.74, 6) is 0. The summed E-state index contributed by atoms with van der Waals surface area (Å²) in [7, 11) is 0. The highest BCUT2D eigenvalue weighted by Gasteiger charge is 2.67. The first kappa shape index (κ1) is 17.8. The average molecular weight is 367 g/mol. The minimum absolute atomic E-state index is 0.0348. The number of hydrogen-bond donors (Lipinski definition) is 2. The number of ether oxygens (including phenoxy) is 4. The first-order chi connectivity index (χ1) is 12.6. The average Bonchev–Trinajstić information content (AvgIpc) is 3.44. The van der Waals surface area contributed by atoms with E-state index in [1.165, 1.54) is 12.8 Å². The Hall–Kier alpha value is -0.240. The SMILES string of the molecule is NCC1(CN)CCCC(CC2CO2)(CC2CO2)C1(CC1CO1)CC1CO1. The minimum atomic E-state index is -0.0348. The van der Waals surface area contributed by atoms with Crippen molar-refractivity contribution in [2.75, 3.05) is 39.5 Å². The zero-order valence-corrected chi connectivity index (χ0v) is 15.8. The molecule has 0 spiro atoms. The molecule has 0 aromatic rings. The van der Waals surface area contributed by atoms with Crippen LogP contribution in [0, 0.1) is 16.2 Å². The standard InChI is InChI=1S/C20H34N2O4/c21-12-19(13-22)3-1-2-18(4-14-8-23-14,5-15-9-24-15)20(19,6-16-10-25-16)7-17-11-26-17/h14-17H,1-13,21-22H2. The highest BCUT2D eigenvalue weighted by molar-refractivity contribution is 5.16. The van der Waals surface area contributed by atoms with Gasteiger partial charge in [0.1, 0.15) is 0 Å². The summed E-state index contributed by atoms with van der Waals surface area (Å²) >= 11 is 0. The molecule has 0 aromatic carbocycles. The molecular formula is C20H34N2O4. The molecule has 6 nitrogen and oxygen atoms in total. The highest BCUT2D eigenvalue weighted by Crippen LogP contribution is 2.69. The Morgan fingerprint density at radius 1 is 0.615 bits per heavy atom. The molecule has 4 heterocycles. The van der Waals surface area contributed by atoms with E-state index in [1.807, 2.05) is 0 Å². The van der Waals surface area contributed by atoms with Crippen molar-refractivity contribution >= 4 is 0 Å². The maximum atomic E-state index is 6.51. The first-order valence-corrected chi connectivity index (χ1v) is 10.5. The Morgan fingerprint density at radius 2 is 1.00 bits per heavy atom. The summed E-state index contributed by atoms with van der Waals surface area (Å²) in [6.45, 7) is 4.88. The predicted molar refractivity (Wildman–Crippen MR) is 96.7 cm³/mol. The van der Waals surface area contributed by atoms with Crippen molar-refractivity contribution in [2.24, 2.45) is 27.7 Å². The Bertz CT molecular complexity index is 494. The van der Waals surface area contributed by atoms with Gasteiger partial charge in [-0.1, -0.05) is 6.42 Å². The van der Waals surface area contributed by atoms with Crippen LogP contribution in [0.3, 0.4) is 0 Å². The van der Waals surface area contributed by atoms with E-state index in [-0.39, 0.29) is 16.2 Å².